The van der Waals surface area contributed by atoms with Crippen LogP contribution in [-0.4, -0.2) is 18.6 Å². The maximum absolute atomic E-state index is 5.28. The molecule has 1 heterocycles. The standard InChI is InChI=1S/C9H12N2O/c1-3-4-12-9-5-8(10-2)6-11-7-9/h3,5-7,10H,1,4H2,2H3. The van der Waals surface area contributed by atoms with Gasteiger partial charge >= 0.3 is 0 Å². The highest BCUT2D eigenvalue weighted by atomic mass is 16.5. The molecule has 3 heteroatoms. The molecule has 64 valence electrons. The molecule has 0 aliphatic heterocycles. The van der Waals surface area contributed by atoms with Gasteiger partial charge in [0.15, 0.2) is 0 Å². The third-order valence-electron chi connectivity index (χ3n) is 1.37. The van der Waals surface area contributed by atoms with Crippen molar-refractivity contribution in [2.24, 2.45) is 0 Å². The minimum Gasteiger partial charge on any atom is -0.488 e. The Labute approximate surface area is 72.1 Å². The molecule has 1 aromatic rings. The largest absolute Gasteiger partial charge is 0.488 e. The molecule has 1 rings (SSSR count). The first kappa shape index (κ1) is 8.59. The third kappa shape index (κ3) is 2.27. The summed E-state index contributed by atoms with van der Waals surface area (Å²) in [7, 11) is 1.84. The number of pyridine rings is 1. The zero-order chi connectivity index (χ0) is 8.81. The number of rotatable bonds is 4. The van der Waals surface area contributed by atoms with E-state index in [-0.39, 0.29) is 0 Å². The van der Waals surface area contributed by atoms with Gasteiger partial charge in [0.2, 0.25) is 0 Å². The number of nitrogens with one attached hydrogen (secondary N) is 1. The summed E-state index contributed by atoms with van der Waals surface area (Å²) in [5.74, 6) is 0.752. The van der Waals surface area contributed by atoms with Gasteiger partial charge in [-0.1, -0.05) is 12.7 Å². The molecule has 0 atom stereocenters. The molecule has 0 amide bonds. The van der Waals surface area contributed by atoms with Gasteiger partial charge in [-0.3, -0.25) is 4.98 Å². The molecular formula is C9H12N2O. The minimum absolute atomic E-state index is 0.509. The summed E-state index contributed by atoms with van der Waals surface area (Å²) in [4.78, 5) is 3.99. The Bertz CT molecular complexity index is 260. The third-order valence-corrected chi connectivity index (χ3v) is 1.37. The molecule has 0 unspecified atom stereocenters. The van der Waals surface area contributed by atoms with Crippen LogP contribution < -0.4 is 10.1 Å². The van der Waals surface area contributed by atoms with E-state index in [1.54, 1.807) is 18.5 Å². The van der Waals surface area contributed by atoms with Gasteiger partial charge in [0.1, 0.15) is 12.4 Å². The Hall–Kier alpha value is -1.51. The van der Waals surface area contributed by atoms with Crippen molar-refractivity contribution in [3.05, 3.63) is 31.1 Å². The zero-order valence-corrected chi connectivity index (χ0v) is 7.08. The normalized spacial score (nSPS) is 9.08. The fraction of sp³-hybridized carbons (Fsp3) is 0.222. The van der Waals surface area contributed by atoms with Crippen molar-refractivity contribution in [1.82, 2.24) is 4.98 Å². The van der Waals surface area contributed by atoms with Gasteiger partial charge in [0.25, 0.3) is 0 Å². The molecule has 0 saturated heterocycles. The molecule has 3 nitrogen and oxygen atoms in total. The van der Waals surface area contributed by atoms with Crippen molar-refractivity contribution < 1.29 is 4.74 Å². The van der Waals surface area contributed by atoms with Gasteiger partial charge < -0.3 is 10.1 Å². The molecule has 0 radical (unpaired) electrons. The van der Waals surface area contributed by atoms with E-state index in [0.29, 0.717) is 6.61 Å². The molecule has 0 aliphatic rings. The van der Waals surface area contributed by atoms with Crippen molar-refractivity contribution in [2.45, 2.75) is 0 Å². The molecule has 0 saturated carbocycles. The van der Waals surface area contributed by atoms with Crippen LogP contribution in [0.1, 0.15) is 0 Å². The first-order chi connectivity index (χ1) is 5.86. The van der Waals surface area contributed by atoms with Crippen molar-refractivity contribution in [1.29, 1.82) is 0 Å². The number of hydrogen-bond donors (Lipinski definition) is 1. The average Bonchev–Trinajstić information content (AvgIpc) is 2.15. The van der Waals surface area contributed by atoms with Crippen molar-refractivity contribution >= 4 is 5.69 Å². The first-order valence-corrected chi connectivity index (χ1v) is 3.73. The van der Waals surface area contributed by atoms with Gasteiger partial charge in [0.05, 0.1) is 18.1 Å². The second-order valence-corrected chi connectivity index (χ2v) is 2.26. The lowest BCUT2D eigenvalue weighted by molar-refractivity contribution is 0.362. The molecular weight excluding hydrogens is 152 g/mol. The number of hydrogen-bond acceptors (Lipinski definition) is 3. The summed E-state index contributed by atoms with van der Waals surface area (Å²) in [5, 5.41) is 2.98. The van der Waals surface area contributed by atoms with Crippen LogP contribution in [0.2, 0.25) is 0 Å². The lowest BCUT2D eigenvalue weighted by Gasteiger charge is -2.04. The van der Waals surface area contributed by atoms with Gasteiger partial charge in [-0.2, -0.15) is 0 Å². The van der Waals surface area contributed by atoms with Crippen LogP contribution in [-0.2, 0) is 0 Å². The predicted molar refractivity (Wildman–Crippen MR) is 49.5 cm³/mol. The maximum Gasteiger partial charge on any atom is 0.140 e. The lowest BCUT2D eigenvalue weighted by Crippen LogP contribution is -1.95. The Morgan fingerprint density at radius 2 is 2.50 bits per heavy atom. The summed E-state index contributed by atoms with van der Waals surface area (Å²) in [6.07, 6.45) is 5.11. The monoisotopic (exact) mass is 164 g/mol. The highest BCUT2D eigenvalue weighted by Gasteiger charge is 1.93. The fourth-order valence-corrected chi connectivity index (χ4v) is 0.790. The van der Waals surface area contributed by atoms with E-state index in [1.165, 1.54) is 0 Å². The first-order valence-electron chi connectivity index (χ1n) is 3.73. The molecule has 1 aromatic heterocycles. The average molecular weight is 164 g/mol. The van der Waals surface area contributed by atoms with E-state index in [9.17, 15) is 0 Å². The fourth-order valence-electron chi connectivity index (χ4n) is 0.790. The van der Waals surface area contributed by atoms with Crippen molar-refractivity contribution in [3.63, 3.8) is 0 Å². The highest BCUT2D eigenvalue weighted by molar-refractivity contribution is 5.44. The van der Waals surface area contributed by atoms with Crippen LogP contribution in [0, 0.1) is 0 Å². The molecule has 0 fully saturated rings. The quantitative estimate of drug-likeness (QED) is 0.687. The molecule has 0 spiro atoms. The van der Waals surface area contributed by atoms with Gasteiger partial charge in [-0.15, -0.1) is 0 Å². The van der Waals surface area contributed by atoms with E-state index in [1.807, 2.05) is 13.1 Å². The van der Waals surface area contributed by atoms with Crippen LogP contribution in [0.4, 0.5) is 5.69 Å². The van der Waals surface area contributed by atoms with Crippen molar-refractivity contribution in [2.75, 3.05) is 19.0 Å². The highest BCUT2D eigenvalue weighted by Crippen LogP contribution is 2.14. The molecule has 1 N–H and O–H groups in total. The van der Waals surface area contributed by atoms with E-state index in [0.717, 1.165) is 11.4 Å². The second kappa shape index (κ2) is 4.38. The van der Waals surface area contributed by atoms with Crippen LogP contribution in [0.15, 0.2) is 31.1 Å². The van der Waals surface area contributed by atoms with Crippen LogP contribution in [0.25, 0.3) is 0 Å². The summed E-state index contributed by atoms with van der Waals surface area (Å²) in [5.41, 5.74) is 0.941. The summed E-state index contributed by atoms with van der Waals surface area (Å²) >= 11 is 0. The van der Waals surface area contributed by atoms with E-state index >= 15 is 0 Å². The molecule has 0 bridgehead atoms. The SMILES string of the molecule is C=CCOc1cncc(NC)c1. The van der Waals surface area contributed by atoms with Crippen LogP contribution in [0.3, 0.4) is 0 Å². The Kier molecular flexibility index (Phi) is 3.14. The number of ether oxygens (including phenoxy) is 1. The minimum atomic E-state index is 0.509. The van der Waals surface area contributed by atoms with E-state index in [4.69, 9.17) is 4.74 Å². The Morgan fingerprint density at radius 3 is 3.17 bits per heavy atom. The van der Waals surface area contributed by atoms with Crippen molar-refractivity contribution in [3.8, 4) is 5.75 Å². The molecule has 0 aromatic carbocycles. The summed E-state index contributed by atoms with van der Waals surface area (Å²) < 4.78 is 5.28. The van der Waals surface area contributed by atoms with E-state index in [2.05, 4.69) is 16.9 Å². The van der Waals surface area contributed by atoms with Gasteiger partial charge in [-0.25, -0.2) is 0 Å². The predicted octanol–water partition coefficient (Wildman–Crippen LogP) is 1.69. The van der Waals surface area contributed by atoms with Gasteiger partial charge in [0, 0.05) is 13.1 Å². The zero-order valence-electron chi connectivity index (χ0n) is 7.08. The van der Waals surface area contributed by atoms with Crippen LogP contribution in [0.5, 0.6) is 5.75 Å². The number of nitrogens with zero attached hydrogens (tertiary/aromatic N) is 1. The van der Waals surface area contributed by atoms with E-state index < -0.39 is 0 Å². The smallest absolute Gasteiger partial charge is 0.140 e. The Balaban J connectivity index is 2.65. The summed E-state index contributed by atoms with van der Waals surface area (Å²) in [6.45, 7) is 4.07. The topological polar surface area (TPSA) is 34.1 Å². The molecule has 12 heavy (non-hydrogen) atoms. The lowest BCUT2D eigenvalue weighted by atomic mass is 10.4. The molecule has 0 aliphatic carbocycles. The second-order valence-electron chi connectivity index (χ2n) is 2.26. The maximum atomic E-state index is 5.28. The van der Waals surface area contributed by atoms with Gasteiger partial charge in [-0.05, 0) is 0 Å². The number of anilines is 1. The number of aromatic nitrogens is 1. The van der Waals surface area contributed by atoms with Crippen LogP contribution >= 0.6 is 0 Å². The summed E-state index contributed by atoms with van der Waals surface area (Å²) in [6, 6.07) is 1.89. The Morgan fingerprint density at radius 1 is 1.67 bits per heavy atom.